The fourth-order valence-corrected chi connectivity index (χ4v) is 2.44. The highest BCUT2D eigenvalue weighted by Gasteiger charge is 2.25. The molecule has 0 spiro atoms. The van der Waals surface area contributed by atoms with Gasteiger partial charge in [0, 0.05) is 45.3 Å². The SMILES string of the molecule is CN1CCN(C2CCN(N)CC2)CC1. The molecule has 2 N–H and O–H groups in total. The molecule has 0 radical (unpaired) electrons. The number of hydrazine groups is 1. The Morgan fingerprint density at radius 3 is 2.07 bits per heavy atom. The molecule has 0 aromatic rings. The third-order valence-corrected chi connectivity index (χ3v) is 3.55. The van der Waals surface area contributed by atoms with Crippen LogP contribution in [0, 0.1) is 0 Å². The van der Waals surface area contributed by atoms with E-state index in [1.807, 2.05) is 5.01 Å². The molecule has 0 amide bonds. The number of hydrogen-bond acceptors (Lipinski definition) is 4. The van der Waals surface area contributed by atoms with Crippen molar-refractivity contribution in [1.82, 2.24) is 14.8 Å². The molecule has 0 unspecified atom stereocenters. The van der Waals surface area contributed by atoms with E-state index in [-0.39, 0.29) is 0 Å². The van der Waals surface area contributed by atoms with Gasteiger partial charge >= 0.3 is 0 Å². The summed E-state index contributed by atoms with van der Waals surface area (Å²) in [5.74, 6) is 5.76. The van der Waals surface area contributed by atoms with Gasteiger partial charge in [0.2, 0.25) is 0 Å². The van der Waals surface area contributed by atoms with Gasteiger partial charge in [0.25, 0.3) is 0 Å². The van der Waals surface area contributed by atoms with E-state index in [9.17, 15) is 0 Å². The maximum Gasteiger partial charge on any atom is 0.0143 e. The summed E-state index contributed by atoms with van der Waals surface area (Å²) >= 11 is 0. The van der Waals surface area contributed by atoms with Gasteiger partial charge in [-0.3, -0.25) is 10.7 Å². The molecule has 0 bridgehead atoms. The van der Waals surface area contributed by atoms with Gasteiger partial charge in [0.15, 0.2) is 0 Å². The Morgan fingerprint density at radius 2 is 1.50 bits per heavy atom. The summed E-state index contributed by atoms with van der Waals surface area (Å²) in [5, 5.41) is 1.95. The van der Waals surface area contributed by atoms with E-state index >= 15 is 0 Å². The molecule has 0 aromatic carbocycles. The molecule has 2 rings (SSSR count). The second-order valence-corrected chi connectivity index (χ2v) is 4.61. The Hall–Kier alpha value is -0.160. The number of likely N-dealkylation sites (N-methyl/N-ethyl adjacent to an activating group) is 1. The summed E-state index contributed by atoms with van der Waals surface area (Å²) in [5.41, 5.74) is 0. The third-order valence-electron chi connectivity index (χ3n) is 3.55. The van der Waals surface area contributed by atoms with Crippen molar-refractivity contribution < 1.29 is 0 Å². The quantitative estimate of drug-likeness (QED) is 0.580. The summed E-state index contributed by atoms with van der Waals surface area (Å²) in [6, 6.07) is 0.795. The molecule has 2 aliphatic rings. The Balaban J connectivity index is 1.78. The molecule has 0 atom stereocenters. The van der Waals surface area contributed by atoms with Crippen molar-refractivity contribution >= 4 is 0 Å². The van der Waals surface area contributed by atoms with Crippen molar-refractivity contribution in [2.75, 3.05) is 46.3 Å². The summed E-state index contributed by atoms with van der Waals surface area (Å²) in [6.07, 6.45) is 2.50. The zero-order chi connectivity index (χ0) is 9.97. The molecule has 2 heterocycles. The van der Waals surface area contributed by atoms with Crippen LogP contribution in [0.3, 0.4) is 0 Å². The minimum atomic E-state index is 0.795. The van der Waals surface area contributed by atoms with Gasteiger partial charge < -0.3 is 4.90 Å². The van der Waals surface area contributed by atoms with Crippen molar-refractivity contribution in [3.05, 3.63) is 0 Å². The molecule has 2 saturated heterocycles. The molecule has 0 aliphatic carbocycles. The lowest BCUT2D eigenvalue weighted by molar-refractivity contribution is 0.0679. The van der Waals surface area contributed by atoms with E-state index in [2.05, 4.69) is 16.8 Å². The smallest absolute Gasteiger partial charge is 0.0143 e. The van der Waals surface area contributed by atoms with Gasteiger partial charge in [0.05, 0.1) is 0 Å². The van der Waals surface area contributed by atoms with Gasteiger partial charge in [-0.25, -0.2) is 5.01 Å². The summed E-state index contributed by atoms with van der Waals surface area (Å²) in [6.45, 7) is 7.07. The Bertz CT molecular complexity index is 149. The summed E-state index contributed by atoms with van der Waals surface area (Å²) < 4.78 is 0. The highest BCUT2D eigenvalue weighted by Crippen LogP contribution is 2.16. The van der Waals surface area contributed by atoms with Crippen molar-refractivity contribution in [2.45, 2.75) is 18.9 Å². The third kappa shape index (κ3) is 2.45. The van der Waals surface area contributed by atoms with E-state index in [1.54, 1.807) is 0 Å². The van der Waals surface area contributed by atoms with Crippen LogP contribution in [0.2, 0.25) is 0 Å². The average molecular weight is 198 g/mol. The minimum absolute atomic E-state index is 0.795. The van der Waals surface area contributed by atoms with Crippen LogP contribution < -0.4 is 5.84 Å². The average Bonchev–Trinajstić information content (AvgIpc) is 2.21. The molecule has 4 nitrogen and oxygen atoms in total. The van der Waals surface area contributed by atoms with Crippen LogP contribution in [0.25, 0.3) is 0 Å². The largest absolute Gasteiger partial charge is 0.304 e. The second kappa shape index (κ2) is 4.57. The van der Waals surface area contributed by atoms with Gasteiger partial charge in [-0.15, -0.1) is 0 Å². The molecular weight excluding hydrogens is 176 g/mol. The molecule has 2 aliphatic heterocycles. The highest BCUT2D eigenvalue weighted by molar-refractivity contribution is 4.81. The Morgan fingerprint density at radius 1 is 0.929 bits per heavy atom. The molecule has 0 saturated carbocycles. The Kier molecular flexibility index (Phi) is 3.38. The first-order valence-corrected chi connectivity index (χ1v) is 5.68. The normalized spacial score (nSPS) is 29.6. The first-order valence-electron chi connectivity index (χ1n) is 5.68. The predicted molar refractivity (Wildman–Crippen MR) is 57.9 cm³/mol. The standard InChI is InChI=1S/C10H22N4/c1-12-6-8-13(9-7-12)10-2-4-14(11)5-3-10/h10H,2-9,11H2,1H3. The van der Waals surface area contributed by atoms with Gasteiger partial charge in [-0.2, -0.15) is 0 Å². The van der Waals surface area contributed by atoms with E-state index < -0.39 is 0 Å². The van der Waals surface area contributed by atoms with Gasteiger partial charge in [-0.05, 0) is 19.9 Å². The van der Waals surface area contributed by atoms with Crippen molar-refractivity contribution in [3.8, 4) is 0 Å². The van der Waals surface area contributed by atoms with Crippen LogP contribution in [0.4, 0.5) is 0 Å². The van der Waals surface area contributed by atoms with E-state index in [4.69, 9.17) is 5.84 Å². The monoisotopic (exact) mass is 198 g/mol. The van der Waals surface area contributed by atoms with Crippen molar-refractivity contribution in [2.24, 2.45) is 5.84 Å². The van der Waals surface area contributed by atoms with E-state index in [0.29, 0.717) is 0 Å². The molecular formula is C10H22N4. The summed E-state index contributed by atoms with van der Waals surface area (Å²) in [4.78, 5) is 5.06. The lowest BCUT2D eigenvalue weighted by Crippen LogP contribution is -2.53. The minimum Gasteiger partial charge on any atom is -0.304 e. The maximum atomic E-state index is 5.76. The van der Waals surface area contributed by atoms with Crippen molar-refractivity contribution in [1.29, 1.82) is 0 Å². The van der Waals surface area contributed by atoms with Crippen molar-refractivity contribution in [3.63, 3.8) is 0 Å². The molecule has 0 aromatic heterocycles. The number of piperidine rings is 1. The molecule has 82 valence electrons. The van der Waals surface area contributed by atoms with Gasteiger partial charge in [-0.1, -0.05) is 0 Å². The number of rotatable bonds is 1. The lowest BCUT2D eigenvalue weighted by Gasteiger charge is -2.41. The summed E-state index contributed by atoms with van der Waals surface area (Å²) in [7, 11) is 2.21. The first-order chi connectivity index (χ1) is 6.75. The van der Waals surface area contributed by atoms with Crippen LogP contribution in [-0.4, -0.2) is 67.2 Å². The van der Waals surface area contributed by atoms with Gasteiger partial charge in [0.1, 0.15) is 0 Å². The van der Waals surface area contributed by atoms with E-state index in [0.717, 1.165) is 19.1 Å². The fourth-order valence-electron chi connectivity index (χ4n) is 2.44. The molecule has 4 heteroatoms. The fraction of sp³-hybridized carbons (Fsp3) is 1.00. The number of piperazine rings is 1. The second-order valence-electron chi connectivity index (χ2n) is 4.61. The zero-order valence-electron chi connectivity index (χ0n) is 9.15. The van der Waals surface area contributed by atoms with Crippen LogP contribution >= 0.6 is 0 Å². The maximum absolute atomic E-state index is 5.76. The van der Waals surface area contributed by atoms with Crippen LogP contribution in [0.1, 0.15) is 12.8 Å². The number of hydrogen-bond donors (Lipinski definition) is 1. The van der Waals surface area contributed by atoms with Crippen LogP contribution in [0.5, 0.6) is 0 Å². The topological polar surface area (TPSA) is 35.7 Å². The number of nitrogens with two attached hydrogens (primary N) is 1. The molecule has 2 fully saturated rings. The number of nitrogens with zero attached hydrogens (tertiary/aromatic N) is 3. The molecule has 14 heavy (non-hydrogen) atoms. The first kappa shape index (κ1) is 10.4. The van der Waals surface area contributed by atoms with Crippen LogP contribution in [-0.2, 0) is 0 Å². The Labute approximate surface area is 86.6 Å². The highest BCUT2D eigenvalue weighted by atomic mass is 15.4. The predicted octanol–water partition coefficient (Wildman–Crippen LogP) is -0.428. The zero-order valence-corrected chi connectivity index (χ0v) is 9.15. The van der Waals surface area contributed by atoms with E-state index in [1.165, 1.54) is 39.0 Å². The lowest BCUT2D eigenvalue weighted by atomic mass is 10.0. The van der Waals surface area contributed by atoms with Crippen LogP contribution in [0.15, 0.2) is 0 Å².